The van der Waals surface area contributed by atoms with E-state index in [2.05, 4.69) is 9.97 Å². The summed E-state index contributed by atoms with van der Waals surface area (Å²) in [6.45, 7) is 1.96. The molecule has 0 aromatic carbocycles. The van der Waals surface area contributed by atoms with Crippen molar-refractivity contribution in [3.05, 3.63) is 48.0 Å². The lowest BCUT2D eigenvalue weighted by Crippen LogP contribution is -2.57. The van der Waals surface area contributed by atoms with Gasteiger partial charge >= 0.3 is 0 Å². The molecule has 2 aliphatic heterocycles. The van der Waals surface area contributed by atoms with Crippen LogP contribution >= 0.6 is 0 Å². The minimum Gasteiger partial charge on any atom is -0.506 e. The lowest BCUT2D eigenvalue weighted by molar-refractivity contribution is -0.137. The number of hydrogen-bond acceptors (Lipinski definition) is 6. The topological polar surface area (TPSA) is 95.9 Å². The first-order valence-electron chi connectivity index (χ1n) is 10.3. The molecular formula is C22H26N4O4. The molecule has 1 N–H and O–H groups in total. The molecule has 2 aromatic heterocycles. The molecule has 8 heteroatoms. The SMILES string of the molecule is COc1ccncc1C(=O)N1CC[C@@H]2[C@@H](CCCN2C(=O)Cc2ccc(O)cn2)C1. The second kappa shape index (κ2) is 8.69. The molecule has 2 fully saturated rings. The van der Waals surface area contributed by atoms with Crippen LogP contribution in [0.1, 0.15) is 35.3 Å². The van der Waals surface area contributed by atoms with E-state index in [9.17, 15) is 14.7 Å². The predicted molar refractivity (Wildman–Crippen MR) is 109 cm³/mol. The average molecular weight is 410 g/mol. The third-order valence-corrected chi connectivity index (χ3v) is 6.05. The molecule has 4 heterocycles. The van der Waals surface area contributed by atoms with Crippen molar-refractivity contribution in [3.8, 4) is 11.5 Å². The largest absolute Gasteiger partial charge is 0.506 e. The van der Waals surface area contributed by atoms with Crippen molar-refractivity contribution in [2.24, 2.45) is 5.92 Å². The minimum absolute atomic E-state index is 0.0524. The quantitative estimate of drug-likeness (QED) is 0.827. The highest BCUT2D eigenvalue weighted by Gasteiger charge is 2.39. The first-order chi connectivity index (χ1) is 14.6. The molecule has 0 unspecified atom stereocenters. The van der Waals surface area contributed by atoms with Gasteiger partial charge in [-0.1, -0.05) is 0 Å². The molecule has 2 amide bonds. The first kappa shape index (κ1) is 20.1. The molecule has 0 spiro atoms. The number of carbonyl (C=O) groups excluding carboxylic acids is 2. The molecular weight excluding hydrogens is 384 g/mol. The molecule has 2 aliphatic rings. The number of pyridine rings is 2. The molecule has 0 saturated carbocycles. The fourth-order valence-electron chi connectivity index (χ4n) is 4.57. The lowest BCUT2D eigenvalue weighted by atomic mass is 9.83. The second-order valence-corrected chi connectivity index (χ2v) is 7.86. The van der Waals surface area contributed by atoms with Gasteiger partial charge in [-0.15, -0.1) is 0 Å². The van der Waals surface area contributed by atoms with E-state index in [4.69, 9.17) is 4.74 Å². The van der Waals surface area contributed by atoms with Crippen molar-refractivity contribution >= 4 is 11.8 Å². The van der Waals surface area contributed by atoms with Crippen LogP contribution in [0.15, 0.2) is 36.8 Å². The Labute approximate surface area is 175 Å². The van der Waals surface area contributed by atoms with Gasteiger partial charge in [0.25, 0.3) is 5.91 Å². The molecule has 8 nitrogen and oxygen atoms in total. The number of fused-ring (bicyclic) bond motifs is 1. The molecule has 30 heavy (non-hydrogen) atoms. The predicted octanol–water partition coefficient (Wildman–Crippen LogP) is 1.89. The number of methoxy groups -OCH3 is 1. The van der Waals surface area contributed by atoms with Crippen LogP contribution in [0.4, 0.5) is 0 Å². The summed E-state index contributed by atoms with van der Waals surface area (Å²) < 4.78 is 5.31. The monoisotopic (exact) mass is 410 g/mol. The fourth-order valence-corrected chi connectivity index (χ4v) is 4.57. The van der Waals surface area contributed by atoms with Crippen LogP contribution in [0.5, 0.6) is 11.5 Å². The molecule has 158 valence electrons. The zero-order valence-corrected chi connectivity index (χ0v) is 17.0. The van der Waals surface area contributed by atoms with Crippen LogP contribution in [0, 0.1) is 5.92 Å². The van der Waals surface area contributed by atoms with Gasteiger partial charge in [0, 0.05) is 43.8 Å². The van der Waals surface area contributed by atoms with Gasteiger partial charge in [0.2, 0.25) is 5.91 Å². The highest BCUT2D eigenvalue weighted by atomic mass is 16.5. The van der Waals surface area contributed by atoms with Crippen LogP contribution in [-0.2, 0) is 11.2 Å². The van der Waals surface area contributed by atoms with Crippen molar-refractivity contribution in [2.45, 2.75) is 31.7 Å². The summed E-state index contributed by atoms with van der Waals surface area (Å²) in [5.74, 6) is 0.855. The maximum absolute atomic E-state index is 13.0. The van der Waals surface area contributed by atoms with Crippen molar-refractivity contribution < 1.29 is 19.4 Å². The number of piperidine rings is 2. The lowest BCUT2D eigenvalue weighted by Gasteiger charge is -2.47. The number of aromatic hydroxyl groups is 1. The molecule has 0 radical (unpaired) electrons. The summed E-state index contributed by atoms with van der Waals surface area (Å²) in [6, 6.07) is 5.06. The van der Waals surface area contributed by atoms with E-state index < -0.39 is 0 Å². The Balaban J connectivity index is 1.43. The molecule has 4 rings (SSSR count). The maximum atomic E-state index is 13.0. The average Bonchev–Trinajstić information content (AvgIpc) is 2.79. The molecule has 2 saturated heterocycles. The van der Waals surface area contributed by atoms with Gasteiger partial charge in [-0.3, -0.25) is 19.6 Å². The number of amides is 2. The second-order valence-electron chi connectivity index (χ2n) is 7.86. The summed E-state index contributed by atoms with van der Waals surface area (Å²) >= 11 is 0. The summed E-state index contributed by atoms with van der Waals surface area (Å²) in [5, 5.41) is 9.38. The van der Waals surface area contributed by atoms with Gasteiger partial charge in [-0.25, -0.2) is 0 Å². The summed E-state index contributed by atoms with van der Waals surface area (Å²) in [6.07, 6.45) is 7.42. The Morgan fingerprint density at radius 1 is 1.20 bits per heavy atom. The number of aromatic nitrogens is 2. The van der Waals surface area contributed by atoms with E-state index >= 15 is 0 Å². The highest BCUT2D eigenvalue weighted by Crippen LogP contribution is 2.32. The zero-order valence-electron chi connectivity index (χ0n) is 17.0. The first-order valence-corrected chi connectivity index (χ1v) is 10.3. The van der Waals surface area contributed by atoms with Gasteiger partial charge in [0.1, 0.15) is 11.5 Å². The van der Waals surface area contributed by atoms with E-state index in [0.29, 0.717) is 30.1 Å². The van der Waals surface area contributed by atoms with Crippen LogP contribution in [-0.4, -0.2) is 69.5 Å². The number of ether oxygens (including phenoxy) is 1. The van der Waals surface area contributed by atoms with Crippen molar-refractivity contribution in [1.82, 2.24) is 19.8 Å². The van der Waals surface area contributed by atoms with Crippen LogP contribution < -0.4 is 4.74 Å². The van der Waals surface area contributed by atoms with E-state index in [1.54, 1.807) is 37.7 Å². The Morgan fingerprint density at radius 2 is 2.07 bits per heavy atom. The molecule has 0 bridgehead atoms. The fraction of sp³-hybridized carbons (Fsp3) is 0.455. The Morgan fingerprint density at radius 3 is 2.83 bits per heavy atom. The number of nitrogens with zero attached hydrogens (tertiary/aromatic N) is 4. The maximum Gasteiger partial charge on any atom is 0.259 e. The van der Waals surface area contributed by atoms with Gasteiger partial charge in [-0.05, 0) is 43.4 Å². The summed E-state index contributed by atoms with van der Waals surface area (Å²) in [5.41, 5.74) is 1.12. The van der Waals surface area contributed by atoms with Crippen LogP contribution in [0.25, 0.3) is 0 Å². The minimum atomic E-state index is -0.0739. The van der Waals surface area contributed by atoms with E-state index in [-0.39, 0.29) is 35.9 Å². The van der Waals surface area contributed by atoms with Crippen molar-refractivity contribution in [2.75, 3.05) is 26.7 Å². The van der Waals surface area contributed by atoms with E-state index in [1.165, 1.54) is 6.20 Å². The summed E-state index contributed by atoms with van der Waals surface area (Å²) in [4.78, 5) is 38.0. The molecule has 2 atom stereocenters. The normalized spacial score (nSPS) is 21.1. The smallest absolute Gasteiger partial charge is 0.259 e. The number of rotatable bonds is 4. The number of likely N-dealkylation sites (tertiary alicyclic amines) is 2. The highest BCUT2D eigenvalue weighted by molar-refractivity contribution is 5.96. The Bertz CT molecular complexity index is 918. The van der Waals surface area contributed by atoms with Crippen molar-refractivity contribution in [3.63, 3.8) is 0 Å². The Hall–Kier alpha value is -3.16. The summed E-state index contributed by atoms with van der Waals surface area (Å²) in [7, 11) is 1.55. The van der Waals surface area contributed by atoms with Gasteiger partial charge in [-0.2, -0.15) is 0 Å². The van der Waals surface area contributed by atoms with Crippen LogP contribution in [0.3, 0.4) is 0 Å². The van der Waals surface area contributed by atoms with Gasteiger partial charge in [0.15, 0.2) is 0 Å². The zero-order chi connectivity index (χ0) is 21.1. The van der Waals surface area contributed by atoms with E-state index in [0.717, 1.165) is 25.8 Å². The van der Waals surface area contributed by atoms with Gasteiger partial charge < -0.3 is 19.6 Å². The van der Waals surface area contributed by atoms with Gasteiger partial charge in [0.05, 0.1) is 25.3 Å². The Kier molecular flexibility index (Phi) is 5.83. The van der Waals surface area contributed by atoms with E-state index in [1.807, 2.05) is 9.80 Å². The number of hydrogen-bond donors (Lipinski definition) is 1. The van der Waals surface area contributed by atoms with Crippen LogP contribution in [0.2, 0.25) is 0 Å². The van der Waals surface area contributed by atoms with Crippen molar-refractivity contribution in [1.29, 1.82) is 0 Å². The molecule has 0 aliphatic carbocycles. The standard InChI is InChI=1S/C22H26N4O4/c1-30-20-6-8-23-13-18(20)22(29)25-10-7-19-15(14-25)3-2-9-26(19)21(28)11-16-4-5-17(27)12-24-16/h4-6,8,12-13,15,19,27H,2-3,7,9-11,14H2,1H3/t15-,19+/m0/s1. The number of carbonyl (C=O) groups is 2. The third kappa shape index (κ3) is 4.08. The molecule has 2 aromatic rings. The third-order valence-electron chi connectivity index (χ3n) is 6.05.